The van der Waals surface area contributed by atoms with Crippen molar-refractivity contribution in [3.8, 4) is 5.88 Å². The highest BCUT2D eigenvalue weighted by Gasteiger charge is 2.28. The van der Waals surface area contributed by atoms with Crippen molar-refractivity contribution in [1.82, 2.24) is 9.97 Å². The summed E-state index contributed by atoms with van der Waals surface area (Å²) in [7, 11) is 1.66. The van der Waals surface area contributed by atoms with E-state index < -0.39 is 0 Å². The van der Waals surface area contributed by atoms with Gasteiger partial charge < -0.3 is 19.5 Å². The number of ether oxygens (including phenoxy) is 3. The molecule has 0 aromatic carbocycles. The summed E-state index contributed by atoms with van der Waals surface area (Å²) < 4.78 is 16.1. The zero-order valence-electron chi connectivity index (χ0n) is 13.1. The van der Waals surface area contributed by atoms with Gasteiger partial charge in [-0.25, -0.2) is 4.98 Å². The second-order valence-electron chi connectivity index (χ2n) is 5.12. The Morgan fingerprint density at radius 3 is 2.57 bits per heavy atom. The van der Waals surface area contributed by atoms with E-state index in [4.69, 9.17) is 14.2 Å². The minimum atomic E-state index is 0.483. The molecule has 1 N–H and O–H groups in total. The average Bonchev–Trinajstić information content (AvgIpc) is 3.31. The SMILES string of the molecule is CCNc1nc(C2CC2)nc(OCCOCCOC)c1C. The van der Waals surface area contributed by atoms with Crippen molar-refractivity contribution in [3.05, 3.63) is 11.4 Å². The summed E-state index contributed by atoms with van der Waals surface area (Å²) in [6, 6.07) is 0. The van der Waals surface area contributed by atoms with Crippen LogP contribution in [-0.2, 0) is 9.47 Å². The molecule has 0 aliphatic heterocycles. The lowest BCUT2D eigenvalue weighted by Crippen LogP contribution is -2.13. The number of hydrogen-bond acceptors (Lipinski definition) is 6. The van der Waals surface area contributed by atoms with Crippen LogP contribution in [0.25, 0.3) is 0 Å². The maximum Gasteiger partial charge on any atom is 0.221 e. The molecule has 118 valence electrons. The third kappa shape index (κ3) is 4.82. The van der Waals surface area contributed by atoms with E-state index in [1.54, 1.807) is 7.11 Å². The molecular weight excluding hydrogens is 270 g/mol. The molecule has 2 rings (SSSR count). The van der Waals surface area contributed by atoms with Crippen molar-refractivity contribution in [1.29, 1.82) is 0 Å². The van der Waals surface area contributed by atoms with Gasteiger partial charge in [-0.1, -0.05) is 0 Å². The molecule has 6 nitrogen and oxygen atoms in total. The predicted octanol–water partition coefficient (Wildman–Crippen LogP) is 2.14. The van der Waals surface area contributed by atoms with Gasteiger partial charge in [0.25, 0.3) is 0 Å². The van der Waals surface area contributed by atoms with Gasteiger partial charge in [-0.2, -0.15) is 4.98 Å². The maximum absolute atomic E-state index is 5.77. The number of nitrogens with zero attached hydrogens (tertiary/aromatic N) is 2. The van der Waals surface area contributed by atoms with Crippen molar-refractivity contribution >= 4 is 5.82 Å². The van der Waals surface area contributed by atoms with E-state index in [9.17, 15) is 0 Å². The van der Waals surface area contributed by atoms with Crippen molar-refractivity contribution in [3.63, 3.8) is 0 Å². The summed E-state index contributed by atoms with van der Waals surface area (Å²) >= 11 is 0. The standard InChI is InChI=1S/C15H25N3O3/c1-4-16-13-11(2)15(18-14(17-13)12-5-6-12)21-10-9-20-8-7-19-3/h12H,4-10H2,1-3H3,(H,16,17,18). The first kappa shape index (κ1) is 16.0. The Bertz CT molecular complexity index is 450. The highest BCUT2D eigenvalue weighted by molar-refractivity contribution is 5.49. The van der Waals surface area contributed by atoms with Gasteiger partial charge in [0, 0.05) is 19.6 Å². The number of nitrogens with one attached hydrogen (secondary N) is 1. The molecule has 0 spiro atoms. The molecule has 1 aliphatic carbocycles. The van der Waals surface area contributed by atoms with Gasteiger partial charge >= 0.3 is 0 Å². The quantitative estimate of drug-likeness (QED) is 0.667. The lowest BCUT2D eigenvalue weighted by Gasteiger charge is -2.14. The molecule has 0 unspecified atom stereocenters. The molecule has 1 aliphatic rings. The predicted molar refractivity (Wildman–Crippen MR) is 81.1 cm³/mol. The fraction of sp³-hybridized carbons (Fsp3) is 0.733. The Labute approximate surface area is 126 Å². The second kappa shape index (κ2) is 8.14. The van der Waals surface area contributed by atoms with Crippen molar-refractivity contribution in [2.45, 2.75) is 32.6 Å². The fourth-order valence-electron chi connectivity index (χ4n) is 1.96. The van der Waals surface area contributed by atoms with Crippen LogP contribution in [0.15, 0.2) is 0 Å². The molecule has 1 saturated carbocycles. The summed E-state index contributed by atoms with van der Waals surface area (Å²) in [5, 5.41) is 3.28. The van der Waals surface area contributed by atoms with Crippen LogP contribution in [-0.4, -0.2) is 50.1 Å². The van der Waals surface area contributed by atoms with Gasteiger partial charge in [-0.15, -0.1) is 0 Å². The minimum Gasteiger partial charge on any atom is -0.475 e. The summed E-state index contributed by atoms with van der Waals surface area (Å²) in [4.78, 5) is 9.16. The summed E-state index contributed by atoms with van der Waals surface area (Å²) in [6.45, 7) is 7.07. The van der Waals surface area contributed by atoms with Gasteiger partial charge in [0.05, 0.1) is 25.4 Å². The zero-order chi connectivity index (χ0) is 15.1. The third-order valence-electron chi connectivity index (χ3n) is 3.30. The van der Waals surface area contributed by atoms with Crippen LogP contribution in [0.1, 0.15) is 37.1 Å². The van der Waals surface area contributed by atoms with Crippen LogP contribution in [0, 0.1) is 6.92 Å². The van der Waals surface area contributed by atoms with Crippen molar-refractivity contribution in [2.75, 3.05) is 45.4 Å². The van der Waals surface area contributed by atoms with E-state index in [-0.39, 0.29) is 0 Å². The highest BCUT2D eigenvalue weighted by atomic mass is 16.5. The largest absolute Gasteiger partial charge is 0.475 e. The van der Waals surface area contributed by atoms with Gasteiger partial charge in [0.15, 0.2) is 0 Å². The Hall–Kier alpha value is -1.40. The number of anilines is 1. The molecule has 1 aromatic heterocycles. The molecule has 0 amide bonds. The Morgan fingerprint density at radius 2 is 1.90 bits per heavy atom. The van der Waals surface area contributed by atoms with E-state index in [1.165, 1.54) is 12.8 Å². The van der Waals surface area contributed by atoms with Crippen LogP contribution in [0.3, 0.4) is 0 Å². The van der Waals surface area contributed by atoms with E-state index in [0.29, 0.717) is 38.2 Å². The van der Waals surface area contributed by atoms with Crippen LogP contribution in [0.2, 0.25) is 0 Å². The van der Waals surface area contributed by atoms with E-state index in [2.05, 4.69) is 22.2 Å². The summed E-state index contributed by atoms with van der Waals surface area (Å²) in [5.74, 6) is 2.94. The van der Waals surface area contributed by atoms with Crippen LogP contribution in [0.4, 0.5) is 5.82 Å². The minimum absolute atomic E-state index is 0.483. The third-order valence-corrected chi connectivity index (χ3v) is 3.30. The lowest BCUT2D eigenvalue weighted by molar-refractivity contribution is 0.0535. The average molecular weight is 295 g/mol. The highest BCUT2D eigenvalue weighted by Crippen LogP contribution is 2.39. The van der Waals surface area contributed by atoms with Crippen molar-refractivity contribution in [2.24, 2.45) is 0 Å². The van der Waals surface area contributed by atoms with Gasteiger partial charge in [-0.05, 0) is 26.7 Å². The first-order chi connectivity index (χ1) is 10.3. The molecule has 0 bridgehead atoms. The molecule has 21 heavy (non-hydrogen) atoms. The Kier molecular flexibility index (Phi) is 6.20. The molecule has 1 aromatic rings. The monoisotopic (exact) mass is 295 g/mol. The second-order valence-corrected chi connectivity index (χ2v) is 5.12. The molecule has 1 heterocycles. The van der Waals surface area contributed by atoms with Crippen LogP contribution in [0.5, 0.6) is 5.88 Å². The van der Waals surface area contributed by atoms with Gasteiger partial charge in [0.2, 0.25) is 5.88 Å². The Balaban J connectivity index is 1.93. The van der Waals surface area contributed by atoms with Crippen LogP contribution >= 0.6 is 0 Å². The Morgan fingerprint density at radius 1 is 1.14 bits per heavy atom. The smallest absolute Gasteiger partial charge is 0.221 e. The number of hydrogen-bond donors (Lipinski definition) is 1. The molecule has 0 saturated heterocycles. The van der Waals surface area contributed by atoms with E-state index >= 15 is 0 Å². The molecule has 6 heteroatoms. The lowest BCUT2D eigenvalue weighted by atomic mass is 10.3. The fourth-order valence-corrected chi connectivity index (χ4v) is 1.96. The molecule has 0 atom stereocenters. The summed E-state index contributed by atoms with van der Waals surface area (Å²) in [5.41, 5.74) is 0.957. The number of methoxy groups -OCH3 is 1. The van der Waals surface area contributed by atoms with Gasteiger partial charge in [-0.3, -0.25) is 0 Å². The normalized spacial score (nSPS) is 14.2. The zero-order valence-corrected chi connectivity index (χ0v) is 13.1. The van der Waals surface area contributed by atoms with E-state index in [0.717, 1.165) is 23.8 Å². The molecular formula is C15H25N3O3. The first-order valence-corrected chi connectivity index (χ1v) is 7.58. The van der Waals surface area contributed by atoms with Gasteiger partial charge in [0.1, 0.15) is 18.2 Å². The van der Waals surface area contributed by atoms with E-state index in [1.807, 2.05) is 6.92 Å². The van der Waals surface area contributed by atoms with Crippen molar-refractivity contribution < 1.29 is 14.2 Å². The number of aromatic nitrogens is 2. The first-order valence-electron chi connectivity index (χ1n) is 7.58. The summed E-state index contributed by atoms with van der Waals surface area (Å²) in [6.07, 6.45) is 2.35. The molecule has 0 radical (unpaired) electrons. The van der Waals surface area contributed by atoms with Crippen LogP contribution < -0.4 is 10.1 Å². The topological polar surface area (TPSA) is 65.5 Å². The maximum atomic E-state index is 5.77. The molecule has 1 fully saturated rings. The number of rotatable bonds is 10.